The van der Waals surface area contributed by atoms with Crippen LogP contribution in [0.15, 0.2) is 60.9 Å². The minimum atomic E-state index is -0.588. The predicted octanol–water partition coefficient (Wildman–Crippen LogP) is 3.61. The van der Waals surface area contributed by atoms with Gasteiger partial charge >= 0.3 is 0 Å². The molecule has 0 saturated heterocycles. The molecule has 0 saturated carbocycles. The van der Waals surface area contributed by atoms with Crippen molar-refractivity contribution >= 4 is 10.9 Å². The molecule has 0 N–H and O–H groups in total. The molecule has 4 aromatic rings. The van der Waals surface area contributed by atoms with Crippen LogP contribution < -0.4 is 0 Å². The van der Waals surface area contributed by atoms with Crippen molar-refractivity contribution in [2.45, 2.75) is 13.1 Å². The normalized spacial score (nSPS) is 11.2. The van der Waals surface area contributed by atoms with Crippen LogP contribution in [-0.4, -0.2) is 19.6 Å². The monoisotopic (exact) mass is 324 g/mol. The summed E-state index contributed by atoms with van der Waals surface area (Å²) in [5, 5.41) is 9.33. The highest BCUT2D eigenvalue weighted by Gasteiger charge is 2.08. The van der Waals surface area contributed by atoms with Crippen LogP contribution in [0.1, 0.15) is 11.3 Å². The van der Waals surface area contributed by atoms with Crippen molar-refractivity contribution in [1.82, 2.24) is 19.6 Å². The van der Waals surface area contributed by atoms with Crippen LogP contribution in [0.4, 0.5) is 8.78 Å². The zero-order valence-electron chi connectivity index (χ0n) is 12.7. The van der Waals surface area contributed by atoms with Gasteiger partial charge < -0.3 is 4.57 Å². The van der Waals surface area contributed by atoms with Gasteiger partial charge in [-0.15, -0.1) is 5.10 Å². The molecule has 6 heteroatoms. The van der Waals surface area contributed by atoms with Gasteiger partial charge in [-0.25, -0.2) is 13.5 Å². The van der Waals surface area contributed by atoms with Gasteiger partial charge in [0.05, 0.1) is 19.3 Å². The second kappa shape index (κ2) is 5.88. The average molecular weight is 324 g/mol. The molecule has 0 unspecified atom stereocenters. The van der Waals surface area contributed by atoms with Crippen molar-refractivity contribution in [3.63, 3.8) is 0 Å². The van der Waals surface area contributed by atoms with Gasteiger partial charge in [-0.05, 0) is 23.6 Å². The van der Waals surface area contributed by atoms with E-state index in [9.17, 15) is 8.78 Å². The zero-order chi connectivity index (χ0) is 16.5. The Morgan fingerprint density at radius 1 is 0.958 bits per heavy atom. The number of halogens is 2. The molecule has 0 atom stereocenters. The van der Waals surface area contributed by atoms with E-state index in [0.717, 1.165) is 17.3 Å². The molecule has 4 nitrogen and oxygen atoms in total. The van der Waals surface area contributed by atoms with E-state index >= 15 is 0 Å². The average Bonchev–Trinajstić information content (AvgIpc) is 3.18. The van der Waals surface area contributed by atoms with Crippen LogP contribution in [0.25, 0.3) is 10.9 Å². The third-order valence-electron chi connectivity index (χ3n) is 3.95. The molecule has 4 rings (SSSR count). The van der Waals surface area contributed by atoms with E-state index in [0.29, 0.717) is 12.1 Å². The Bertz CT molecular complexity index is 1000. The largest absolute Gasteiger partial charge is 0.341 e. The predicted molar refractivity (Wildman–Crippen MR) is 86.5 cm³/mol. The maximum Gasteiger partial charge on any atom is 0.131 e. The summed E-state index contributed by atoms with van der Waals surface area (Å²) in [4.78, 5) is 0. The molecule has 0 bridgehead atoms. The smallest absolute Gasteiger partial charge is 0.131 e. The summed E-state index contributed by atoms with van der Waals surface area (Å²) in [7, 11) is 0. The molecule has 0 aliphatic carbocycles. The Morgan fingerprint density at radius 2 is 1.83 bits per heavy atom. The molecular weight excluding hydrogens is 310 g/mol. The molecule has 2 aromatic heterocycles. The number of aromatic nitrogens is 4. The van der Waals surface area contributed by atoms with E-state index < -0.39 is 11.6 Å². The van der Waals surface area contributed by atoms with E-state index in [4.69, 9.17) is 0 Å². The number of benzene rings is 2. The summed E-state index contributed by atoms with van der Waals surface area (Å²) in [5.74, 6) is -1.17. The van der Waals surface area contributed by atoms with E-state index in [1.807, 2.05) is 30.5 Å². The Morgan fingerprint density at radius 3 is 2.71 bits per heavy atom. The molecule has 120 valence electrons. The van der Waals surface area contributed by atoms with Gasteiger partial charge in [-0.3, -0.25) is 0 Å². The summed E-state index contributed by atoms with van der Waals surface area (Å²) >= 11 is 0. The Balaban J connectivity index is 1.54. The van der Waals surface area contributed by atoms with Gasteiger partial charge in [0, 0.05) is 23.3 Å². The summed E-state index contributed by atoms with van der Waals surface area (Å²) in [6.07, 6.45) is 3.78. The number of para-hydroxylation sites is 1. The third kappa shape index (κ3) is 2.78. The molecule has 0 radical (unpaired) electrons. The highest BCUT2D eigenvalue weighted by molar-refractivity contribution is 5.79. The zero-order valence-corrected chi connectivity index (χ0v) is 12.7. The van der Waals surface area contributed by atoms with Gasteiger partial charge in [0.2, 0.25) is 0 Å². The molecule has 0 aliphatic rings. The molecule has 0 spiro atoms. The highest BCUT2D eigenvalue weighted by Crippen LogP contribution is 2.16. The van der Waals surface area contributed by atoms with Crippen LogP contribution in [0.3, 0.4) is 0 Å². The molecule has 0 amide bonds. The molecule has 2 aromatic carbocycles. The van der Waals surface area contributed by atoms with Gasteiger partial charge in [0.15, 0.2) is 0 Å². The SMILES string of the molecule is Fc1ccc(Cn2cc(Cn3ccc4ccccc43)nn2)c(F)c1. The molecule has 24 heavy (non-hydrogen) atoms. The quantitative estimate of drug-likeness (QED) is 0.575. The summed E-state index contributed by atoms with van der Waals surface area (Å²) < 4.78 is 30.3. The van der Waals surface area contributed by atoms with Crippen LogP contribution in [0.2, 0.25) is 0 Å². The lowest BCUT2D eigenvalue weighted by Gasteiger charge is -2.03. The minimum absolute atomic E-state index is 0.214. The van der Waals surface area contributed by atoms with Crippen molar-refractivity contribution in [3.05, 3.63) is 83.8 Å². The lowest BCUT2D eigenvalue weighted by Crippen LogP contribution is -2.03. The Hall–Kier alpha value is -3.02. The molecule has 0 fully saturated rings. The number of hydrogen-bond donors (Lipinski definition) is 0. The summed E-state index contributed by atoms with van der Waals surface area (Å²) in [6.45, 7) is 0.797. The third-order valence-corrected chi connectivity index (χ3v) is 3.95. The van der Waals surface area contributed by atoms with E-state index in [1.54, 1.807) is 10.9 Å². The standard InChI is InChI=1S/C18H14F2N4/c19-15-6-5-14(17(20)9-15)10-24-12-16(21-22-24)11-23-8-7-13-3-1-2-4-18(13)23/h1-9,12H,10-11H2. The van der Waals surface area contributed by atoms with Gasteiger partial charge in [0.1, 0.15) is 17.3 Å². The van der Waals surface area contributed by atoms with Crippen molar-refractivity contribution in [3.8, 4) is 0 Å². The topological polar surface area (TPSA) is 35.6 Å². The number of rotatable bonds is 4. The maximum absolute atomic E-state index is 13.7. The first-order valence-electron chi connectivity index (χ1n) is 7.56. The molecule has 2 heterocycles. The second-order valence-corrected chi connectivity index (χ2v) is 5.65. The maximum atomic E-state index is 13.7. The first-order chi connectivity index (χ1) is 11.7. The second-order valence-electron chi connectivity index (χ2n) is 5.65. The first-order valence-corrected chi connectivity index (χ1v) is 7.56. The van der Waals surface area contributed by atoms with Gasteiger partial charge in [-0.2, -0.15) is 0 Å². The minimum Gasteiger partial charge on any atom is -0.341 e. The number of hydrogen-bond acceptors (Lipinski definition) is 2. The lowest BCUT2D eigenvalue weighted by molar-refractivity contribution is 0.554. The van der Waals surface area contributed by atoms with Crippen LogP contribution in [-0.2, 0) is 13.1 Å². The fourth-order valence-electron chi connectivity index (χ4n) is 2.77. The fourth-order valence-corrected chi connectivity index (χ4v) is 2.77. The highest BCUT2D eigenvalue weighted by atomic mass is 19.1. The van der Waals surface area contributed by atoms with Crippen LogP contribution in [0, 0.1) is 11.6 Å². The summed E-state index contributed by atoms with van der Waals surface area (Å²) in [6, 6.07) is 13.7. The Labute approximate surface area is 137 Å². The number of nitrogens with zero attached hydrogens (tertiary/aromatic N) is 4. The van der Waals surface area contributed by atoms with Gasteiger partial charge in [0.25, 0.3) is 0 Å². The van der Waals surface area contributed by atoms with Crippen molar-refractivity contribution in [2.24, 2.45) is 0 Å². The summed E-state index contributed by atoms with van der Waals surface area (Å²) in [5.41, 5.74) is 2.27. The van der Waals surface area contributed by atoms with Crippen molar-refractivity contribution in [1.29, 1.82) is 0 Å². The van der Waals surface area contributed by atoms with Crippen molar-refractivity contribution in [2.75, 3.05) is 0 Å². The molecular formula is C18H14F2N4. The van der Waals surface area contributed by atoms with Crippen LogP contribution in [0.5, 0.6) is 0 Å². The van der Waals surface area contributed by atoms with E-state index in [-0.39, 0.29) is 6.54 Å². The Kier molecular flexibility index (Phi) is 3.57. The lowest BCUT2D eigenvalue weighted by atomic mass is 10.2. The first kappa shape index (κ1) is 14.6. The van der Waals surface area contributed by atoms with Crippen molar-refractivity contribution < 1.29 is 8.78 Å². The molecule has 0 aliphatic heterocycles. The number of fused-ring (bicyclic) bond motifs is 1. The van der Waals surface area contributed by atoms with Gasteiger partial charge in [-0.1, -0.05) is 29.5 Å². The van der Waals surface area contributed by atoms with E-state index in [1.165, 1.54) is 17.5 Å². The van der Waals surface area contributed by atoms with Crippen LogP contribution >= 0.6 is 0 Å². The fraction of sp³-hybridized carbons (Fsp3) is 0.111. The van der Waals surface area contributed by atoms with E-state index in [2.05, 4.69) is 20.9 Å².